The number of ether oxygens (including phenoxy) is 1. The molecule has 2 rings (SSSR count). The molecule has 0 aromatic heterocycles. The van der Waals surface area contributed by atoms with E-state index in [-0.39, 0.29) is 36.4 Å². The highest BCUT2D eigenvalue weighted by atomic mass is 32.2. The minimum absolute atomic E-state index is 0.0434. The lowest BCUT2D eigenvalue weighted by molar-refractivity contribution is -0.118. The van der Waals surface area contributed by atoms with Crippen LogP contribution in [-0.4, -0.2) is 40.1 Å². The van der Waals surface area contributed by atoms with Crippen LogP contribution < -0.4 is 15.8 Å². The molecule has 0 spiro atoms. The number of benzene rings is 1. The maximum Gasteiger partial charge on any atom is 0.240 e. The molecule has 1 saturated heterocycles. The third kappa shape index (κ3) is 4.77. The number of rotatable bonds is 7. The number of hydrogen-bond acceptors (Lipinski definition) is 5. The second kappa shape index (κ2) is 7.68. The van der Waals surface area contributed by atoms with Gasteiger partial charge in [0.25, 0.3) is 0 Å². The van der Waals surface area contributed by atoms with Crippen molar-refractivity contribution in [1.29, 1.82) is 0 Å². The standard InChI is InChI=1S/C14H21N3O4S/c15-6-7-16-22(19,20)13-5-1-3-11(9-13)17-14(18)10-12-4-2-8-21-12/h1,3,5,9,12,16H,2,4,6-8,10,15H2,(H,17,18). The fourth-order valence-electron chi connectivity index (χ4n) is 2.24. The molecule has 1 fully saturated rings. The van der Waals surface area contributed by atoms with Gasteiger partial charge in [-0.3, -0.25) is 4.79 Å². The molecule has 1 heterocycles. The van der Waals surface area contributed by atoms with Gasteiger partial charge in [-0.2, -0.15) is 0 Å². The van der Waals surface area contributed by atoms with Crippen LogP contribution in [0.15, 0.2) is 29.2 Å². The molecule has 1 aliphatic rings. The normalized spacial score (nSPS) is 18.3. The van der Waals surface area contributed by atoms with Crippen molar-refractivity contribution in [3.63, 3.8) is 0 Å². The van der Waals surface area contributed by atoms with E-state index in [2.05, 4.69) is 10.0 Å². The molecule has 1 aliphatic heterocycles. The number of sulfonamides is 1. The molecule has 1 atom stereocenters. The van der Waals surface area contributed by atoms with Crippen molar-refractivity contribution in [2.24, 2.45) is 5.73 Å². The molecular formula is C14H21N3O4S. The van der Waals surface area contributed by atoms with E-state index in [1.54, 1.807) is 12.1 Å². The monoisotopic (exact) mass is 327 g/mol. The van der Waals surface area contributed by atoms with Crippen molar-refractivity contribution in [1.82, 2.24) is 4.72 Å². The Morgan fingerprint density at radius 2 is 2.23 bits per heavy atom. The molecule has 1 unspecified atom stereocenters. The second-order valence-electron chi connectivity index (χ2n) is 5.10. The van der Waals surface area contributed by atoms with Crippen molar-refractivity contribution in [2.75, 3.05) is 25.0 Å². The van der Waals surface area contributed by atoms with Gasteiger partial charge in [-0.25, -0.2) is 13.1 Å². The highest BCUT2D eigenvalue weighted by molar-refractivity contribution is 7.89. The summed E-state index contributed by atoms with van der Waals surface area (Å²) in [5.74, 6) is -0.184. The summed E-state index contributed by atoms with van der Waals surface area (Å²) >= 11 is 0. The number of carbonyl (C=O) groups excluding carboxylic acids is 1. The summed E-state index contributed by atoms with van der Waals surface area (Å²) < 4.78 is 31.8. The van der Waals surface area contributed by atoms with E-state index in [9.17, 15) is 13.2 Å². The first-order valence-electron chi connectivity index (χ1n) is 7.22. The van der Waals surface area contributed by atoms with Gasteiger partial charge in [0.1, 0.15) is 0 Å². The molecule has 7 nitrogen and oxygen atoms in total. The maximum absolute atomic E-state index is 12.0. The molecule has 4 N–H and O–H groups in total. The summed E-state index contributed by atoms with van der Waals surface area (Å²) in [6, 6.07) is 6.12. The van der Waals surface area contributed by atoms with Crippen LogP contribution in [-0.2, 0) is 19.6 Å². The molecule has 1 aromatic carbocycles. The lowest BCUT2D eigenvalue weighted by atomic mass is 10.2. The molecule has 1 aromatic rings. The Hall–Kier alpha value is -1.48. The molecule has 22 heavy (non-hydrogen) atoms. The van der Waals surface area contributed by atoms with Crippen molar-refractivity contribution < 1.29 is 17.9 Å². The molecule has 8 heteroatoms. The Morgan fingerprint density at radius 3 is 2.91 bits per heavy atom. The Bertz CT molecular complexity index is 612. The zero-order valence-electron chi connectivity index (χ0n) is 12.2. The number of nitrogens with one attached hydrogen (secondary N) is 2. The van der Waals surface area contributed by atoms with Crippen LogP contribution in [0.25, 0.3) is 0 Å². The Labute approximate surface area is 130 Å². The number of anilines is 1. The van der Waals surface area contributed by atoms with Gasteiger partial charge in [0, 0.05) is 25.4 Å². The molecular weight excluding hydrogens is 306 g/mol. The summed E-state index contributed by atoms with van der Waals surface area (Å²) in [7, 11) is -3.61. The Kier molecular flexibility index (Phi) is 5.90. The quantitative estimate of drug-likeness (QED) is 0.673. The zero-order valence-corrected chi connectivity index (χ0v) is 13.1. The van der Waals surface area contributed by atoms with Crippen LogP contribution in [0.2, 0.25) is 0 Å². The van der Waals surface area contributed by atoms with Gasteiger partial charge in [0.2, 0.25) is 15.9 Å². The van der Waals surface area contributed by atoms with Gasteiger partial charge in [-0.15, -0.1) is 0 Å². The van der Waals surface area contributed by atoms with Crippen LogP contribution in [0.3, 0.4) is 0 Å². The third-order valence-corrected chi connectivity index (χ3v) is 4.76. The van der Waals surface area contributed by atoms with E-state index in [0.29, 0.717) is 12.3 Å². The highest BCUT2D eigenvalue weighted by Gasteiger charge is 2.19. The minimum atomic E-state index is -3.61. The number of amides is 1. The van der Waals surface area contributed by atoms with Crippen molar-refractivity contribution in [2.45, 2.75) is 30.3 Å². The lowest BCUT2D eigenvalue weighted by Crippen LogP contribution is -2.29. The van der Waals surface area contributed by atoms with Gasteiger partial charge in [-0.1, -0.05) is 6.07 Å². The van der Waals surface area contributed by atoms with Crippen LogP contribution in [0.5, 0.6) is 0 Å². The predicted octanol–water partition coefficient (Wildman–Crippen LogP) is 0.431. The smallest absolute Gasteiger partial charge is 0.240 e. The summed E-state index contributed by atoms with van der Waals surface area (Å²) in [6.07, 6.45) is 2.09. The summed E-state index contributed by atoms with van der Waals surface area (Å²) in [5.41, 5.74) is 5.73. The van der Waals surface area contributed by atoms with Crippen LogP contribution in [0.4, 0.5) is 5.69 Å². The largest absolute Gasteiger partial charge is 0.378 e. The van der Waals surface area contributed by atoms with E-state index in [4.69, 9.17) is 10.5 Å². The topological polar surface area (TPSA) is 111 Å². The molecule has 1 amide bonds. The van der Waals surface area contributed by atoms with E-state index in [0.717, 1.165) is 12.8 Å². The lowest BCUT2D eigenvalue weighted by Gasteiger charge is -2.11. The first-order chi connectivity index (χ1) is 10.5. The molecule has 0 bridgehead atoms. The summed E-state index contributed by atoms with van der Waals surface area (Å²) in [5, 5.41) is 2.70. The minimum Gasteiger partial charge on any atom is -0.378 e. The zero-order chi connectivity index (χ0) is 16.0. The van der Waals surface area contributed by atoms with Crippen molar-refractivity contribution in [3.8, 4) is 0 Å². The third-order valence-electron chi connectivity index (χ3n) is 3.30. The first kappa shape index (κ1) is 16.9. The number of carbonyl (C=O) groups is 1. The van der Waals surface area contributed by atoms with Gasteiger partial charge in [0.05, 0.1) is 17.4 Å². The SMILES string of the molecule is NCCNS(=O)(=O)c1cccc(NC(=O)CC2CCCO2)c1. The average Bonchev–Trinajstić information content (AvgIpc) is 2.98. The average molecular weight is 327 g/mol. The van der Waals surface area contributed by atoms with Crippen LogP contribution in [0.1, 0.15) is 19.3 Å². The van der Waals surface area contributed by atoms with E-state index in [1.807, 2.05) is 0 Å². The van der Waals surface area contributed by atoms with E-state index < -0.39 is 10.0 Å². The van der Waals surface area contributed by atoms with Gasteiger partial charge in [-0.05, 0) is 31.0 Å². The van der Waals surface area contributed by atoms with Gasteiger partial charge < -0.3 is 15.8 Å². The van der Waals surface area contributed by atoms with E-state index >= 15 is 0 Å². The second-order valence-corrected chi connectivity index (χ2v) is 6.87. The van der Waals surface area contributed by atoms with E-state index in [1.165, 1.54) is 12.1 Å². The van der Waals surface area contributed by atoms with Crippen molar-refractivity contribution in [3.05, 3.63) is 24.3 Å². The van der Waals surface area contributed by atoms with Crippen LogP contribution >= 0.6 is 0 Å². The molecule has 0 aliphatic carbocycles. The Balaban J connectivity index is 2.00. The fraction of sp³-hybridized carbons (Fsp3) is 0.500. The molecule has 122 valence electrons. The number of nitrogens with two attached hydrogens (primary N) is 1. The molecule has 0 saturated carbocycles. The first-order valence-corrected chi connectivity index (χ1v) is 8.71. The fourth-order valence-corrected chi connectivity index (χ4v) is 3.33. The summed E-state index contributed by atoms with van der Waals surface area (Å²) in [6.45, 7) is 1.08. The maximum atomic E-state index is 12.0. The highest BCUT2D eigenvalue weighted by Crippen LogP contribution is 2.18. The predicted molar refractivity (Wildman–Crippen MR) is 82.9 cm³/mol. The van der Waals surface area contributed by atoms with Crippen LogP contribution in [0, 0.1) is 0 Å². The van der Waals surface area contributed by atoms with Gasteiger partial charge in [0.15, 0.2) is 0 Å². The summed E-state index contributed by atoms with van der Waals surface area (Å²) in [4.78, 5) is 12.0. The van der Waals surface area contributed by atoms with Crippen molar-refractivity contribution >= 4 is 21.6 Å². The molecule has 0 radical (unpaired) electrons. The number of hydrogen-bond donors (Lipinski definition) is 3. The van der Waals surface area contributed by atoms with Gasteiger partial charge >= 0.3 is 0 Å². The Morgan fingerprint density at radius 1 is 1.41 bits per heavy atom.